The Morgan fingerprint density at radius 2 is 1.86 bits per heavy atom. The summed E-state index contributed by atoms with van der Waals surface area (Å²) in [5.74, 6) is 1.45. The van der Waals surface area contributed by atoms with Crippen LogP contribution < -0.4 is 20.6 Å². The second kappa shape index (κ2) is 7.17. The van der Waals surface area contributed by atoms with Crippen LogP contribution in [-0.4, -0.2) is 20.4 Å². The molecule has 0 spiro atoms. The first kappa shape index (κ1) is 15.4. The van der Waals surface area contributed by atoms with Crippen molar-refractivity contribution in [3.63, 3.8) is 0 Å². The Hall–Kier alpha value is -2.95. The molecular weight excluding hydrogens is 278 g/mol. The standard InChI is InChI=1S/C17H19N3O2/c1-12(13-4-6-15(18)7-5-13)20-19-11-14-10-16(21-2)8-9-17(14)22-3/h4-11,20H,1,18H2,2-3H3/b19-11-. The van der Waals surface area contributed by atoms with Crippen LogP contribution in [-0.2, 0) is 0 Å². The van der Waals surface area contributed by atoms with E-state index in [0.29, 0.717) is 17.1 Å². The predicted octanol–water partition coefficient (Wildman–Crippen LogP) is 2.88. The van der Waals surface area contributed by atoms with Crippen LogP contribution in [0.15, 0.2) is 54.1 Å². The lowest BCUT2D eigenvalue weighted by molar-refractivity contribution is 0.402. The van der Waals surface area contributed by atoms with Gasteiger partial charge >= 0.3 is 0 Å². The molecule has 0 saturated heterocycles. The minimum absolute atomic E-state index is 0.679. The number of ether oxygens (including phenoxy) is 2. The molecule has 5 heteroatoms. The van der Waals surface area contributed by atoms with E-state index in [1.54, 1.807) is 20.4 Å². The van der Waals surface area contributed by atoms with Gasteiger partial charge in [0.2, 0.25) is 0 Å². The maximum Gasteiger partial charge on any atom is 0.127 e. The lowest BCUT2D eigenvalue weighted by Crippen LogP contribution is -2.04. The molecule has 0 radical (unpaired) electrons. The van der Waals surface area contributed by atoms with Gasteiger partial charge in [0.25, 0.3) is 0 Å². The molecule has 0 aliphatic heterocycles. The summed E-state index contributed by atoms with van der Waals surface area (Å²) in [4.78, 5) is 0. The van der Waals surface area contributed by atoms with Crippen LogP contribution in [0.1, 0.15) is 11.1 Å². The summed E-state index contributed by atoms with van der Waals surface area (Å²) in [7, 11) is 3.23. The molecule has 2 aromatic rings. The topological polar surface area (TPSA) is 68.9 Å². The second-order valence-corrected chi connectivity index (χ2v) is 4.58. The molecule has 0 amide bonds. The number of nitrogen functional groups attached to an aromatic ring is 1. The Balaban J connectivity index is 2.08. The van der Waals surface area contributed by atoms with E-state index in [-0.39, 0.29) is 0 Å². The van der Waals surface area contributed by atoms with E-state index in [1.807, 2.05) is 42.5 Å². The second-order valence-electron chi connectivity index (χ2n) is 4.58. The van der Waals surface area contributed by atoms with Crippen LogP contribution in [0.4, 0.5) is 5.69 Å². The Morgan fingerprint density at radius 3 is 2.50 bits per heavy atom. The number of hydrogen-bond donors (Lipinski definition) is 2. The van der Waals surface area contributed by atoms with Crippen molar-refractivity contribution in [2.75, 3.05) is 20.0 Å². The largest absolute Gasteiger partial charge is 0.497 e. The highest BCUT2D eigenvalue weighted by atomic mass is 16.5. The highest BCUT2D eigenvalue weighted by Gasteiger charge is 2.02. The van der Waals surface area contributed by atoms with Crippen molar-refractivity contribution in [2.45, 2.75) is 0 Å². The number of hydrogen-bond acceptors (Lipinski definition) is 5. The van der Waals surface area contributed by atoms with Crippen molar-refractivity contribution in [1.29, 1.82) is 0 Å². The van der Waals surface area contributed by atoms with Crippen LogP contribution in [0.5, 0.6) is 11.5 Å². The first-order valence-corrected chi connectivity index (χ1v) is 6.70. The Bertz CT molecular complexity index is 679. The van der Waals surface area contributed by atoms with Gasteiger partial charge in [-0.25, -0.2) is 0 Å². The smallest absolute Gasteiger partial charge is 0.127 e. The molecule has 0 aromatic heterocycles. The molecule has 2 aromatic carbocycles. The summed E-state index contributed by atoms with van der Waals surface area (Å²) in [6.45, 7) is 3.94. The average molecular weight is 297 g/mol. The zero-order valence-corrected chi connectivity index (χ0v) is 12.7. The first-order valence-electron chi connectivity index (χ1n) is 6.70. The van der Waals surface area contributed by atoms with Gasteiger partial charge in [0.05, 0.1) is 26.1 Å². The lowest BCUT2D eigenvalue weighted by Gasteiger charge is -2.08. The summed E-state index contributed by atoms with van der Waals surface area (Å²) < 4.78 is 10.5. The van der Waals surface area contributed by atoms with Gasteiger partial charge in [-0.1, -0.05) is 18.7 Å². The van der Waals surface area contributed by atoms with Crippen molar-refractivity contribution >= 4 is 17.6 Å². The van der Waals surface area contributed by atoms with Gasteiger partial charge in [-0.3, -0.25) is 5.43 Å². The minimum Gasteiger partial charge on any atom is -0.497 e. The fourth-order valence-electron chi connectivity index (χ4n) is 1.87. The molecule has 114 valence electrons. The van der Waals surface area contributed by atoms with E-state index >= 15 is 0 Å². The van der Waals surface area contributed by atoms with E-state index in [1.165, 1.54) is 0 Å². The van der Waals surface area contributed by atoms with Crippen molar-refractivity contribution < 1.29 is 9.47 Å². The zero-order chi connectivity index (χ0) is 15.9. The lowest BCUT2D eigenvalue weighted by atomic mass is 10.1. The molecule has 2 rings (SSSR count). The van der Waals surface area contributed by atoms with Gasteiger partial charge in [-0.05, 0) is 35.9 Å². The zero-order valence-electron chi connectivity index (χ0n) is 12.7. The fraction of sp³-hybridized carbons (Fsp3) is 0.118. The molecule has 0 atom stereocenters. The molecule has 0 heterocycles. The van der Waals surface area contributed by atoms with Crippen molar-refractivity contribution in [3.8, 4) is 11.5 Å². The van der Waals surface area contributed by atoms with Crippen LogP contribution in [0.3, 0.4) is 0 Å². The van der Waals surface area contributed by atoms with Crippen LogP contribution in [0, 0.1) is 0 Å². The van der Waals surface area contributed by atoms with Gasteiger partial charge in [0, 0.05) is 11.3 Å². The maximum atomic E-state index is 5.66. The van der Waals surface area contributed by atoms with Crippen molar-refractivity contribution in [1.82, 2.24) is 5.43 Å². The summed E-state index contributed by atoms with van der Waals surface area (Å²) in [5, 5.41) is 4.18. The summed E-state index contributed by atoms with van der Waals surface area (Å²) in [5.41, 5.74) is 11.7. The molecule has 3 N–H and O–H groups in total. The van der Waals surface area contributed by atoms with Gasteiger partial charge in [0.1, 0.15) is 11.5 Å². The van der Waals surface area contributed by atoms with E-state index in [4.69, 9.17) is 15.2 Å². The van der Waals surface area contributed by atoms with Crippen LogP contribution >= 0.6 is 0 Å². The molecular formula is C17H19N3O2. The SMILES string of the molecule is C=C(N/N=C\c1cc(OC)ccc1OC)c1ccc(N)cc1. The van der Waals surface area contributed by atoms with E-state index < -0.39 is 0 Å². The molecule has 22 heavy (non-hydrogen) atoms. The molecule has 0 aliphatic carbocycles. The van der Waals surface area contributed by atoms with Gasteiger partial charge in [0.15, 0.2) is 0 Å². The highest BCUT2D eigenvalue weighted by molar-refractivity contribution is 5.84. The summed E-state index contributed by atoms with van der Waals surface area (Å²) >= 11 is 0. The number of nitrogens with two attached hydrogens (primary N) is 1. The van der Waals surface area contributed by atoms with Crippen molar-refractivity contribution in [2.24, 2.45) is 5.10 Å². The van der Waals surface area contributed by atoms with Gasteiger partial charge in [-0.15, -0.1) is 0 Å². The van der Waals surface area contributed by atoms with Crippen molar-refractivity contribution in [3.05, 3.63) is 60.2 Å². The Kier molecular flexibility index (Phi) is 5.03. The third-order valence-electron chi connectivity index (χ3n) is 3.10. The Morgan fingerprint density at radius 1 is 1.14 bits per heavy atom. The number of anilines is 1. The number of methoxy groups -OCH3 is 2. The van der Waals surface area contributed by atoms with Crippen LogP contribution in [0.25, 0.3) is 5.70 Å². The molecule has 0 fully saturated rings. The van der Waals surface area contributed by atoms with Gasteiger partial charge < -0.3 is 15.2 Å². The average Bonchev–Trinajstić information content (AvgIpc) is 2.55. The molecule has 0 saturated carbocycles. The molecule has 0 bridgehead atoms. The fourth-order valence-corrected chi connectivity index (χ4v) is 1.87. The third-order valence-corrected chi connectivity index (χ3v) is 3.10. The van der Waals surface area contributed by atoms with E-state index in [2.05, 4.69) is 17.1 Å². The molecule has 0 unspecified atom stereocenters. The number of nitrogens with one attached hydrogen (secondary N) is 1. The normalized spacial score (nSPS) is 10.5. The Labute approximate surface area is 130 Å². The summed E-state index contributed by atoms with van der Waals surface area (Å²) in [6, 6.07) is 12.9. The molecule has 5 nitrogen and oxygen atoms in total. The highest BCUT2D eigenvalue weighted by Crippen LogP contribution is 2.22. The first-order chi connectivity index (χ1) is 10.6. The maximum absolute atomic E-state index is 5.66. The van der Waals surface area contributed by atoms with Crippen LogP contribution in [0.2, 0.25) is 0 Å². The number of benzene rings is 2. The number of rotatable bonds is 6. The quantitative estimate of drug-likeness (QED) is 0.489. The monoisotopic (exact) mass is 297 g/mol. The third kappa shape index (κ3) is 3.79. The predicted molar refractivity (Wildman–Crippen MR) is 90.2 cm³/mol. The van der Waals surface area contributed by atoms with E-state index in [9.17, 15) is 0 Å². The van der Waals surface area contributed by atoms with E-state index in [0.717, 1.165) is 16.9 Å². The van der Waals surface area contributed by atoms with Gasteiger partial charge in [-0.2, -0.15) is 5.10 Å². The molecule has 0 aliphatic rings. The minimum atomic E-state index is 0.679. The summed E-state index contributed by atoms with van der Waals surface area (Å²) in [6.07, 6.45) is 1.66. The number of hydrazone groups is 1. The number of nitrogens with zero attached hydrogens (tertiary/aromatic N) is 1.